The van der Waals surface area contributed by atoms with Crippen LogP contribution in [0.15, 0.2) is 12.1 Å². The number of rotatable bonds is 3. The van der Waals surface area contributed by atoms with Gasteiger partial charge in [0, 0.05) is 29.8 Å². The van der Waals surface area contributed by atoms with Crippen molar-refractivity contribution < 1.29 is 9.90 Å². The lowest BCUT2D eigenvalue weighted by molar-refractivity contribution is 0.0916. The van der Waals surface area contributed by atoms with E-state index in [9.17, 15) is 9.90 Å². The van der Waals surface area contributed by atoms with Gasteiger partial charge >= 0.3 is 0 Å². The molecule has 1 aromatic heterocycles. The average molecular weight is 269 g/mol. The van der Waals surface area contributed by atoms with E-state index < -0.39 is 0 Å². The molecule has 0 bridgehead atoms. The topological polar surface area (TPSA) is 62.2 Å². The first-order valence-corrected chi connectivity index (χ1v) is 6.54. The Labute approximate surface area is 111 Å². The number of nitrogens with one attached hydrogen (secondary N) is 1. The number of carbonyl (C=O) groups excluding carboxylic acids is 1. The van der Waals surface area contributed by atoms with Crippen LogP contribution >= 0.6 is 11.6 Å². The highest BCUT2D eigenvalue weighted by Crippen LogP contribution is 2.25. The van der Waals surface area contributed by atoms with Crippen LogP contribution in [-0.2, 0) is 0 Å². The highest BCUT2D eigenvalue weighted by Gasteiger charge is 2.28. The summed E-state index contributed by atoms with van der Waals surface area (Å²) in [6.07, 6.45) is 2.94. The second kappa shape index (κ2) is 5.67. The van der Waals surface area contributed by atoms with Crippen molar-refractivity contribution in [3.05, 3.63) is 28.5 Å². The van der Waals surface area contributed by atoms with E-state index in [4.69, 9.17) is 11.6 Å². The van der Waals surface area contributed by atoms with Gasteiger partial charge in [0.1, 0.15) is 5.15 Å². The molecule has 1 heterocycles. The van der Waals surface area contributed by atoms with E-state index >= 15 is 0 Å². The van der Waals surface area contributed by atoms with Crippen LogP contribution < -0.4 is 5.32 Å². The molecular weight excluding hydrogens is 252 g/mol. The van der Waals surface area contributed by atoms with Gasteiger partial charge in [0.25, 0.3) is 5.91 Å². The number of aliphatic hydroxyl groups is 1. The van der Waals surface area contributed by atoms with Crippen molar-refractivity contribution >= 4 is 17.5 Å². The first-order chi connectivity index (χ1) is 8.60. The van der Waals surface area contributed by atoms with Crippen molar-refractivity contribution in [1.82, 2.24) is 10.3 Å². The number of aromatic nitrogens is 1. The minimum atomic E-state index is -0.146. The summed E-state index contributed by atoms with van der Waals surface area (Å²) in [5.74, 6) is 0.0279. The number of nitrogens with zero attached hydrogens (tertiary/aromatic N) is 1. The zero-order chi connectivity index (χ0) is 13.1. The molecule has 1 saturated carbocycles. The van der Waals surface area contributed by atoms with E-state index in [0.717, 1.165) is 25.0 Å². The monoisotopic (exact) mass is 268 g/mol. The molecule has 1 aliphatic carbocycles. The van der Waals surface area contributed by atoms with Crippen molar-refractivity contribution in [3.63, 3.8) is 0 Å². The molecule has 1 aliphatic rings. The van der Waals surface area contributed by atoms with Crippen molar-refractivity contribution in [2.24, 2.45) is 5.92 Å². The Morgan fingerprint density at radius 1 is 1.56 bits per heavy atom. The summed E-state index contributed by atoms with van der Waals surface area (Å²) in [6, 6.07) is 3.34. The summed E-state index contributed by atoms with van der Waals surface area (Å²) in [6.45, 7) is 1.93. The lowest BCUT2D eigenvalue weighted by Crippen LogP contribution is -2.38. The molecular formula is C13H17ClN2O2. The van der Waals surface area contributed by atoms with Gasteiger partial charge in [0.05, 0.1) is 0 Å². The molecule has 1 aromatic rings. The maximum Gasteiger partial charge on any atom is 0.251 e. The molecule has 98 valence electrons. The third kappa shape index (κ3) is 3.00. The lowest BCUT2D eigenvalue weighted by Gasteiger charge is -2.19. The second-order valence-corrected chi connectivity index (χ2v) is 5.16. The molecule has 1 amide bonds. The summed E-state index contributed by atoms with van der Waals surface area (Å²) in [5, 5.41) is 12.5. The molecule has 2 N–H and O–H groups in total. The molecule has 18 heavy (non-hydrogen) atoms. The second-order valence-electron chi connectivity index (χ2n) is 4.77. The maximum atomic E-state index is 12.1. The van der Waals surface area contributed by atoms with Crippen LogP contribution in [0.5, 0.6) is 0 Å². The Morgan fingerprint density at radius 3 is 3.00 bits per heavy atom. The van der Waals surface area contributed by atoms with Gasteiger partial charge in [-0.15, -0.1) is 0 Å². The predicted octanol–water partition coefficient (Wildman–Crippen LogP) is 1.93. The standard InChI is InChI=1S/C13H17ClN2O2/c1-8-5-10(6-12(14)15-8)13(18)16-11-4-2-3-9(11)7-17/h5-6,9,11,17H,2-4,7H2,1H3,(H,16,18). The third-order valence-corrected chi connectivity index (χ3v) is 3.59. The molecule has 2 atom stereocenters. The number of pyridine rings is 1. The Kier molecular flexibility index (Phi) is 4.19. The van der Waals surface area contributed by atoms with Crippen LogP contribution in [-0.4, -0.2) is 28.6 Å². The molecule has 2 unspecified atom stereocenters. The number of amides is 1. The van der Waals surface area contributed by atoms with Crippen molar-refractivity contribution in [2.75, 3.05) is 6.61 Å². The maximum absolute atomic E-state index is 12.1. The predicted molar refractivity (Wildman–Crippen MR) is 69.7 cm³/mol. The Bertz CT molecular complexity index is 430. The van der Waals surface area contributed by atoms with Gasteiger partial charge in [0.2, 0.25) is 0 Å². The minimum absolute atomic E-state index is 0.0646. The number of aryl methyl sites for hydroxylation is 1. The SMILES string of the molecule is Cc1cc(C(=O)NC2CCCC2CO)cc(Cl)n1. The van der Waals surface area contributed by atoms with Gasteiger partial charge < -0.3 is 10.4 Å². The van der Waals surface area contributed by atoms with E-state index in [2.05, 4.69) is 10.3 Å². The van der Waals surface area contributed by atoms with E-state index in [0.29, 0.717) is 10.7 Å². The van der Waals surface area contributed by atoms with Gasteiger partial charge in [-0.05, 0) is 31.9 Å². The number of hydrogen-bond acceptors (Lipinski definition) is 3. The van der Waals surface area contributed by atoms with Crippen LogP contribution in [0.25, 0.3) is 0 Å². The van der Waals surface area contributed by atoms with Gasteiger partial charge in [-0.25, -0.2) is 4.98 Å². The highest BCUT2D eigenvalue weighted by atomic mass is 35.5. The third-order valence-electron chi connectivity index (χ3n) is 3.39. The molecule has 1 fully saturated rings. The molecule has 0 aliphatic heterocycles. The Hall–Kier alpha value is -1.13. The summed E-state index contributed by atoms with van der Waals surface area (Å²) < 4.78 is 0. The summed E-state index contributed by atoms with van der Waals surface area (Å²) >= 11 is 5.84. The van der Waals surface area contributed by atoms with E-state index in [1.165, 1.54) is 0 Å². The normalized spacial score (nSPS) is 23.1. The average Bonchev–Trinajstić information content (AvgIpc) is 2.75. The molecule has 5 heteroatoms. The first-order valence-electron chi connectivity index (χ1n) is 6.16. The smallest absolute Gasteiger partial charge is 0.251 e. The molecule has 0 saturated heterocycles. The minimum Gasteiger partial charge on any atom is -0.396 e. The van der Waals surface area contributed by atoms with Gasteiger partial charge in [0.15, 0.2) is 0 Å². The zero-order valence-electron chi connectivity index (χ0n) is 10.3. The summed E-state index contributed by atoms with van der Waals surface area (Å²) in [4.78, 5) is 16.1. The lowest BCUT2D eigenvalue weighted by atomic mass is 10.0. The fraction of sp³-hybridized carbons (Fsp3) is 0.538. The fourth-order valence-corrected chi connectivity index (χ4v) is 2.71. The van der Waals surface area contributed by atoms with Crippen LogP contribution in [0.1, 0.15) is 35.3 Å². The Balaban J connectivity index is 2.07. The van der Waals surface area contributed by atoms with Gasteiger partial charge in [-0.1, -0.05) is 18.0 Å². The first kappa shape index (κ1) is 13.3. The molecule has 0 aromatic carbocycles. The van der Waals surface area contributed by atoms with Crippen LogP contribution in [0.3, 0.4) is 0 Å². The van der Waals surface area contributed by atoms with Gasteiger partial charge in [-0.2, -0.15) is 0 Å². The number of aliphatic hydroxyl groups excluding tert-OH is 1. The number of hydrogen-bond donors (Lipinski definition) is 2. The summed E-state index contributed by atoms with van der Waals surface area (Å²) in [7, 11) is 0. The zero-order valence-corrected chi connectivity index (χ0v) is 11.1. The Morgan fingerprint density at radius 2 is 2.33 bits per heavy atom. The summed E-state index contributed by atoms with van der Waals surface area (Å²) in [5.41, 5.74) is 1.24. The molecule has 0 spiro atoms. The van der Waals surface area contributed by atoms with Crippen molar-refractivity contribution in [1.29, 1.82) is 0 Å². The van der Waals surface area contributed by atoms with Crippen LogP contribution in [0.2, 0.25) is 5.15 Å². The molecule has 0 radical (unpaired) electrons. The van der Waals surface area contributed by atoms with Crippen LogP contribution in [0, 0.1) is 12.8 Å². The number of halogens is 1. The van der Waals surface area contributed by atoms with Crippen molar-refractivity contribution in [3.8, 4) is 0 Å². The van der Waals surface area contributed by atoms with E-state index in [1.807, 2.05) is 0 Å². The quantitative estimate of drug-likeness (QED) is 0.824. The van der Waals surface area contributed by atoms with Crippen LogP contribution in [0.4, 0.5) is 0 Å². The molecule has 4 nitrogen and oxygen atoms in total. The fourth-order valence-electron chi connectivity index (χ4n) is 2.46. The number of carbonyl (C=O) groups is 1. The highest BCUT2D eigenvalue weighted by molar-refractivity contribution is 6.29. The largest absolute Gasteiger partial charge is 0.396 e. The van der Waals surface area contributed by atoms with Gasteiger partial charge in [-0.3, -0.25) is 4.79 Å². The van der Waals surface area contributed by atoms with E-state index in [1.54, 1.807) is 19.1 Å². The molecule has 2 rings (SSSR count). The van der Waals surface area contributed by atoms with E-state index in [-0.39, 0.29) is 24.5 Å². The van der Waals surface area contributed by atoms with Crippen molar-refractivity contribution in [2.45, 2.75) is 32.2 Å².